The summed E-state index contributed by atoms with van der Waals surface area (Å²) in [6.45, 7) is 13.6. The molecule has 0 amide bonds. The minimum atomic E-state index is -0.784. The van der Waals surface area contributed by atoms with Crippen LogP contribution in [0.1, 0.15) is 41.0 Å². The number of aliphatic hydroxyl groups excluding tert-OH is 1. The zero-order chi connectivity index (χ0) is 22.5. The van der Waals surface area contributed by atoms with Crippen molar-refractivity contribution in [3.05, 3.63) is 34.4 Å². The number of guanidine groups is 1. The highest BCUT2D eigenvalue weighted by atomic mass is 16.6. The van der Waals surface area contributed by atoms with Gasteiger partial charge in [0, 0.05) is 43.9 Å². The number of aliphatic hydroxyl groups is 1. The summed E-state index contributed by atoms with van der Waals surface area (Å²) in [5.41, 5.74) is -0.00114. The second-order valence-electron chi connectivity index (χ2n) is 7.64. The van der Waals surface area contributed by atoms with Crippen molar-refractivity contribution in [1.82, 2.24) is 15.5 Å². The van der Waals surface area contributed by atoms with E-state index in [2.05, 4.69) is 48.2 Å². The molecule has 0 aliphatic carbocycles. The van der Waals surface area contributed by atoms with Gasteiger partial charge in [-0.2, -0.15) is 0 Å². The van der Waals surface area contributed by atoms with E-state index in [4.69, 9.17) is 4.74 Å². The van der Waals surface area contributed by atoms with Crippen molar-refractivity contribution in [3.8, 4) is 5.75 Å². The first-order valence-electron chi connectivity index (χ1n) is 10.6. The molecule has 1 unspecified atom stereocenters. The van der Waals surface area contributed by atoms with E-state index in [1.165, 1.54) is 24.3 Å². The van der Waals surface area contributed by atoms with Crippen molar-refractivity contribution in [2.75, 3.05) is 32.8 Å². The van der Waals surface area contributed by atoms with E-state index in [0.29, 0.717) is 23.8 Å². The maximum Gasteiger partial charge on any atom is 0.269 e. The molecule has 0 aliphatic heterocycles. The van der Waals surface area contributed by atoms with Crippen LogP contribution in [0.5, 0.6) is 5.75 Å². The second kappa shape index (κ2) is 13.8. The van der Waals surface area contributed by atoms with Gasteiger partial charge >= 0.3 is 0 Å². The highest BCUT2D eigenvalue weighted by Gasteiger charge is 2.12. The summed E-state index contributed by atoms with van der Waals surface area (Å²) in [7, 11) is 0. The fourth-order valence-electron chi connectivity index (χ4n) is 3.03. The number of nitrogens with zero attached hydrogens (tertiary/aromatic N) is 3. The van der Waals surface area contributed by atoms with Crippen LogP contribution in [0.4, 0.5) is 5.69 Å². The molecule has 0 heterocycles. The first kappa shape index (κ1) is 25.6. The number of non-ortho nitro benzene ring substituents is 1. The molecule has 0 aromatic heterocycles. The lowest BCUT2D eigenvalue weighted by Gasteiger charge is -2.30. The van der Waals surface area contributed by atoms with Crippen LogP contribution in [-0.2, 0) is 0 Å². The van der Waals surface area contributed by atoms with Crippen LogP contribution < -0.4 is 15.4 Å². The Morgan fingerprint density at radius 2 is 1.83 bits per heavy atom. The summed E-state index contributed by atoms with van der Waals surface area (Å²) in [5, 5.41) is 27.3. The van der Waals surface area contributed by atoms with Crippen LogP contribution in [0.15, 0.2) is 29.3 Å². The number of nitro groups is 1. The topological polar surface area (TPSA) is 112 Å². The smallest absolute Gasteiger partial charge is 0.269 e. The molecule has 1 rings (SSSR count). The van der Waals surface area contributed by atoms with Crippen molar-refractivity contribution < 1.29 is 14.8 Å². The summed E-state index contributed by atoms with van der Waals surface area (Å²) in [4.78, 5) is 17.1. The molecule has 3 N–H and O–H groups in total. The van der Waals surface area contributed by atoms with Gasteiger partial charge in [-0.3, -0.25) is 20.0 Å². The largest absolute Gasteiger partial charge is 0.491 e. The fourth-order valence-corrected chi connectivity index (χ4v) is 3.03. The third-order valence-corrected chi connectivity index (χ3v) is 4.51. The van der Waals surface area contributed by atoms with Crippen LogP contribution in [0.3, 0.4) is 0 Å². The molecule has 0 bridgehead atoms. The van der Waals surface area contributed by atoms with E-state index in [9.17, 15) is 15.2 Å². The van der Waals surface area contributed by atoms with E-state index in [1.807, 2.05) is 6.92 Å². The normalized spacial score (nSPS) is 13.0. The first-order valence-corrected chi connectivity index (χ1v) is 10.6. The summed E-state index contributed by atoms with van der Waals surface area (Å²) >= 11 is 0. The number of benzene rings is 1. The van der Waals surface area contributed by atoms with Gasteiger partial charge in [0.15, 0.2) is 5.96 Å². The zero-order valence-electron chi connectivity index (χ0n) is 18.8. The lowest BCUT2D eigenvalue weighted by atomic mass is 10.2. The molecule has 9 heteroatoms. The summed E-state index contributed by atoms with van der Waals surface area (Å²) < 4.78 is 5.48. The SMILES string of the molecule is CCNC(=NCC(O)COc1ccc([N+](=O)[O-])cc1)NCCCN(C(C)C)C(C)C. The standard InChI is InChI=1S/C21H37N5O4/c1-6-22-21(23-12-7-13-25(16(2)3)17(4)5)24-14-19(27)15-30-20-10-8-18(9-11-20)26(28)29/h8-11,16-17,19,27H,6-7,12-15H2,1-5H3,(H2,22,23,24). The molecule has 30 heavy (non-hydrogen) atoms. The van der Waals surface area contributed by atoms with Crippen LogP contribution >= 0.6 is 0 Å². The van der Waals surface area contributed by atoms with Crippen molar-refractivity contribution in [1.29, 1.82) is 0 Å². The van der Waals surface area contributed by atoms with Crippen molar-refractivity contribution in [3.63, 3.8) is 0 Å². The Labute approximate surface area is 179 Å². The molecule has 1 aromatic rings. The maximum atomic E-state index is 10.7. The van der Waals surface area contributed by atoms with Gasteiger partial charge < -0.3 is 20.5 Å². The number of nitro benzene ring substituents is 1. The lowest BCUT2D eigenvalue weighted by molar-refractivity contribution is -0.384. The Bertz CT molecular complexity index is 641. The van der Waals surface area contributed by atoms with Gasteiger partial charge in [0.05, 0.1) is 11.5 Å². The number of aliphatic imine (C=N–C) groups is 1. The average Bonchev–Trinajstić information content (AvgIpc) is 2.69. The van der Waals surface area contributed by atoms with Gasteiger partial charge in [0.1, 0.15) is 18.5 Å². The zero-order valence-corrected chi connectivity index (χ0v) is 18.8. The van der Waals surface area contributed by atoms with Crippen molar-refractivity contribution in [2.24, 2.45) is 4.99 Å². The Kier molecular flexibility index (Phi) is 11.8. The highest BCUT2D eigenvalue weighted by molar-refractivity contribution is 5.79. The Morgan fingerprint density at radius 1 is 1.20 bits per heavy atom. The van der Waals surface area contributed by atoms with E-state index in [1.54, 1.807) is 0 Å². The van der Waals surface area contributed by atoms with Crippen molar-refractivity contribution >= 4 is 11.6 Å². The van der Waals surface area contributed by atoms with Gasteiger partial charge in [-0.05, 0) is 53.2 Å². The molecule has 0 spiro atoms. The molecule has 1 atom stereocenters. The van der Waals surface area contributed by atoms with Gasteiger partial charge in [0.2, 0.25) is 0 Å². The van der Waals surface area contributed by atoms with Gasteiger partial charge in [-0.15, -0.1) is 0 Å². The minimum Gasteiger partial charge on any atom is -0.491 e. The number of rotatable bonds is 13. The molecule has 170 valence electrons. The Balaban J connectivity index is 2.42. The lowest BCUT2D eigenvalue weighted by Crippen LogP contribution is -2.41. The highest BCUT2D eigenvalue weighted by Crippen LogP contribution is 2.17. The molecule has 0 radical (unpaired) electrons. The van der Waals surface area contributed by atoms with E-state index in [-0.39, 0.29) is 18.8 Å². The van der Waals surface area contributed by atoms with Crippen molar-refractivity contribution in [2.45, 2.75) is 59.2 Å². The molecule has 1 aromatic carbocycles. The number of hydrogen-bond acceptors (Lipinski definition) is 6. The molecular formula is C21H37N5O4. The Hall–Kier alpha value is -2.39. The molecule has 0 fully saturated rings. The Morgan fingerprint density at radius 3 is 2.37 bits per heavy atom. The summed E-state index contributed by atoms with van der Waals surface area (Å²) in [6.07, 6.45) is 0.208. The number of ether oxygens (including phenoxy) is 1. The molecular weight excluding hydrogens is 386 g/mol. The number of hydrogen-bond donors (Lipinski definition) is 3. The summed E-state index contributed by atoms with van der Waals surface area (Å²) in [5.74, 6) is 1.13. The first-order chi connectivity index (χ1) is 14.2. The van der Waals surface area contributed by atoms with E-state index in [0.717, 1.165) is 26.1 Å². The van der Waals surface area contributed by atoms with Gasteiger partial charge in [-0.1, -0.05) is 0 Å². The predicted octanol–water partition coefficient (Wildman–Crippen LogP) is 2.40. The van der Waals surface area contributed by atoms with E-state index < -0.39 is 11.0 Å². The fraction of sp³-hybridized carbons (Fsp3) is 0.667. The van der Waals surface area contributed by atoms with E-state index >= 15 is 0 Å². The second-order valence-corrected chi connectivity index (χ2v) is 7.64. The van der Waals surface area contributed by atoms with Crippen LogP contribution in [0, 0.1) is 10.1 Å². The quantitative estimate of drug-likeness (QED) is 0.147. The average molecular weight is 424 g/mol. The third-order valence-electron chi connectivity index (χ3n) is 4.51. The molecule has 0 aliphatic rings. The molecule has 0 saturated carbocycles. The number of nitrogens with one attached hydrogen (secondary N) is 2. The van der Waals surface area contributed by atoms with Crippen LogP contribution in [0.25, 0.3) is 0 Å². The van der Waals surface area contributed by atoms with Gasteiger partial charge in [-0.25, -0.2) is 0 Å². The van der Waals surface area contributed by atoms with Crippen LogP contribution in [0.2, 0.25) is 0 Å². The minimum absolute atomic E-state index is 0.00114. The van der Waals surface area contributed by atoms with Gasteiger partial charge in [0.25, 0.3) is 5.69 Å². The molecule has 9 nitrogen and oxygen atoms in total. The summed E-state index contributed by atoms with van der Waals surface area (Å²) in [6, 6.07) is 6.78. The third kappa shape index (κ3) is 9.89. The maximum absolute atomic E-state index is 10.7. The predicted molar refractivity (Wildman–Crippen MR) is 120 cm³/mol. The molecule has 0 saturated heterocycles. The van der Waals surface area contributed by atoms with Crippen LogP contribution in [-0.4, -0.2) is 71.9 Å². The monoisotopic (exact) mass is 423 g/mol.